The molecule has 0 saturated carbocycles. The van der Waals surface area contributed by atoms with Crippen LogP contribution < -0.4 is 5.32 Å². The molecule has 86 valence electrons. The summed E-state index contributed by atoms with van der Waals surface area (Å²) >= 11 is 1.46. The topological polar surface area (TPSA) is 72.2 Å². The van der Waals surface area contributed by atoms with E-state index >= 15 is 0 Å². The molecule has 0 aliphatic carbocycles. The van der Waals surface area contributed by atoms with Crippen LogP contribution in [-0.4, -0.2) is 31.8 Å². The Hall–Kier alpha value is -1.50. The van der Waals surface area contributed by atoms with E-state index in [4.69, 9.17) is 0 Å². The number of carbonyl (C=O) groups excluding carboxylic acids is 1. The van der Waals surface area contributed by atoms with Crippen molar-refractivity contribution in [1.29, 1.82) is 0 Å². The molecule has 2 rings (SSSR count). The van der Waals surface area contributed by atoms with Crippen LogP contribution in [-0.2, 0) is 11.2 Å². The molecule has 0 unspecified atom stereocenters. The van der Waals surface area contributed by atoms with Gasteiger partial charge in [0, 0.05) is 18.9 Å². The van der Waals surface area contributed by atoms with Gasteiger partial charge in [0.25, 0.3) is 0 Å². The van der Waals surface area contributed by atoms with Crippen LogP contribution in [0.5, 0.6) is 0 Å². The summed E-state index contributed by atoms with van der Waals surface area (Å²) in [6, 6.07) is 0.185. The van der Waals surface area contributed by atoms with Crippen molar-refractivity contribution >= 4 is 22.2 Å². The third kappa shape index (κ3) is 2.54. The summed E-state index contributed by atoms with van der Waals surface area (Å²) in [7, 11) is 0. The van der Waals surface area contributed by atoms with Crippen LogP contribution in [0, 0.1) is 0 Å². The summed E-state index contributed by atoms with van der Waals surface area (Å²) in [5.41, 5.74) is 0. The standard InChI is InChI=1S/C9H13N5OS/c1-6(2)11-7(15)3-4-8-13-14-5-10-12-9(14)16-8/h5-6H,3-4H2,1-2H3,(H,11,15). The first-order chi connectivity index (χ1) is 7.65. The van der Waals surface area contributed by atoms with E-state index in [0.29, 0.717) is 12.8 Å². The minimum atomic E-state index is 0.0564. The molecular weight excluding hydrogens is 226 g/mol. The van der Waals surface area contributed by atoms with Crippen LogP contribution in [0.2, 0.25) is 0 Å². The van der Waals surface area contributed by atoms with Gasteiger partial charge in [-0.1, -0.05) is 11.3 Å². The molecule has 0 bridgehead atoms. The Kier molecular flexibility index (Phi) is 3.14. The Morgan fingerprint density at radius 3 is 3.12 bits per heavy atom. The Labute approximate surface area is 96.7 Å². The van der Waals surface area contributed by atoms with Gasteiger partial charge in [0.2, 0.25) is 10.9 Å². The number of carbonyl (C=O) groups is 1. The normalized spacial score (nSPS) is 11.2. The van der Waals surface area contributed by atoms with Gasteiger partial charge in [-0.15, -0.1) is 10.2 Å². The third-order valence-electron chi connectivity index (χ3n) is 1.94. The van der Waals surface area contributed by atoms with Crippen molar-refractivity contribution in [2.75, 3.05) is 0 Å². The number of rotatable bonds is 4. The molecule has 2 aromatic heterocycles. The first-order valence-corrected chi connectivity index (χ1v) is 5.92. The molecule has 7 heteroatoms. The molecule has 0 fully saturated rings. The molecule has 6 nitrogen and oxygen atoms in total. The highest BCUT2D eigenvalue weighted by Gasteiger charge is 2.08. The van der Waals surface area contributed by atoms with Crippen LogP contribution in [0.1, 0.15) is 25.3 Å². The second-order valence-electron chi connectivity index (χ2n) is 3.78. The second kappa shape index (κ2) is 4.56. The van der Waals surface area contributed by atoms with Crippen LogP contribution in [0.4, 0.5) is 0 Å². The summed E-state index contributed by atoms with van der Waals surface area (Å²) in [5, 5.41) is 15.6. The number of hydrogen-bond donors (Lipinski definition) is 1. The predicted molar refractivity (Wildman–Crippen MR) is 60.3 cm³/mol. The lowest BCUT2D eigenvalue weighted by Gasteiger charge is -2.06. The van der Waals surface area contributed by atoms with Crippen molar-refractivity contribution < 1.29 is 4.79 Å². The van der Waals surface area contributed by atoms with Crippen molar-refractivity contribution in [3.8, 4) is 0 Å². The predicted octanol–water partition coefficient (Wildman–Crippen LogP) is 0.643. The monoisotopic (exact) mass is 239 g/mol. The molecule has 16 heavy (non-hydrogen) atoms. The Bertz CT molecular complexity index is 460. The fraction of sp³-hybridized carbons (Fsp3) is 0.556. The first-order valence-electron chi connectivity index (χ1n) is 5.10. The zero-order valence-corrected chi connectivity index (χ0v) is 9.99. The van der Waals surface area contributed by atoms with Gasteiger partial charge in [-0.05, 0) is 13.8 Å². The zero-order valence-electron chi connectivity index (χ0n) is 9.17. The van der Waals surface area contributed by atoms with Gasteiger partial charge in [-0.3, -0.25) is 4.79 Å². The minimum absolute atomic E-state index is 0.0564. The van der Waals surface area contributed by atoms with Crippen molar-refractivity contribution in [1.82, 2.24) is 25.1 Å². The van der Waals surface area contributed by atoms with Crippen molar-refractivity contribution in [3.05, 3.63) is 11.3 Å². The van der Waals surface area contributed by atoms with Gasteiger partial charge < -0.3 is 5.32 Å². The first kappa shape index (κ1) is 11.0. The van der Waals surface area contributed by atoms with Gasteiger partial charge in [0.15, 0.2) is 0 Å². The van der Waals surface area contributed by atoms with Gasteiger partial charge in [-0.2, -0.15) is 9.61 Å². The minimum Gasteiger partial charge on any atom is -0.354 e. The van der Waals surface area contributed by atoms with Crippen LogP contribution in [0.3, 0.4) is 0 Å². The Balaban J connectivity index is 1.90. The smallest absolute Gasteiger partial charge is 0.234 e. The van der Waals surface area contributed by atoms with E-state index in [2.05, 4.69) is 20.6 Å². The lowest BCUT2D eigenvalue weighted by molar-refractivity contribution is -0.121. The molecule has 0 atom stereocenters. The highest BCUT2D eigenvalue weighted by Crippen LogP contribution is 2.13. The summed E-state index contributed by atoms with van der Waals surface area (Å²) in [6.07, 6.45) is 2.67. The van der Waals surface area contributed by atoms with E-state index < -0.39 is 0 Å². The Morgan fingerprint density at radius 2 is 2.44 bits per heavy atom. The van der Waals surface area contributed by atoms with Crippen molar-refractivity contribution in [2.24, 2.45) is 0 Å². The summed E-state index contributed by atoms with van der Waals surface area (Å²) in [4.78, 5) is 12.2. The lowest BCUT2D eigenvalue weighted by atomic mass is 10.3. The average Bonchev–Trinajstić information content (AvgIpc) is 2.72. The fourth-order valence-electron chi connectivity index (χ4n) is 1.32. The van der Waals surface area contributed by atoms with E-state index in [-0.39, 0.29) is 11.9 Å². The highest BCUT2D eigenvalue weighted by molar-refractivity contribution is 7.16. The van der Waals surface area contributed by atoms with Crippen molar-refractivity contribution in [2.45, 2.75) is 32.7 Å². The molecule has 1 amide bonds. The summed E-state index contributed by atoms with van der Waals surface area (Å²) < 4.78 is 1.63. The zero-order chi connectivity index (χ0) is 11.5. The maximum atomic E-state index is 11.4. The molecule has 2 heterocycles. The van der Waals surface area contributed by atoms with E-state index in [9.17, 15) is 4.79 Å². The average molecular weight is 239 g/mol. The summed E-state index contributed by atoms with van der Waals surface area (Å²) in [6.45, 7) is 3.89. The number of fused-ring (bicyclic) bond motifs is 1. The SMILES string of the molecule is CC(C)NC(=O)CCc1nn2cnnc2s1. The molecule has 0 aliphatic heterocycles. The maximum absolute atomic E-state index is 11.4. The van der Waals surface area contributed by atoms with Crippen LogP contribution >= 0.6 is 11.3 Å². The fourth-order valence-corrected chi connectivity index (χ4v) is 2.13. The Morgan fingerprint density at radius 1 is 1.62 bits per heavy atom. The van der Waals surface area contributed by atoms with Crippen LogP contribution in [0.25, 0.3) is 4.96 Å². The van der Waals surface area contributed by atoms with Gasteiger partial charge in [0.1, 0.15) is 11.3 Å². The number of aryl methyl sites for hydroxylation is 1. The van der Waals surface area contributed by atoms with Crippen molar-refractivity contribution in [3.63, 3.8) is 0 Å². The number of nitrogens with zero attached hydrogens (tertiary/aromatic N) is 4. The molecule has 2 aromatic rings. The molecule has 1 N–H and O–H groups in total. The van der Waals surface area contributed by atoms with Gasteiger partial charge in [-0.25, -0.2) is 0 Å². The molecule has 0 aromatic carbocycles. The second-order valence-corrected chi connectivity index (χ2v) is 4.82. The number of hydrogen-bond acceptors (Lipinski definition) is 5. The molecule has 0 spiro atoms. The van der Waals surface area contributed by atoms with Gasteiger partial charge in [0.05, 0.1) is 0 Å². The maximum Gasteiger partial charge on any atom is 0.234 e. The lowest BCUT2D eigenvalue weighted by Crippen LogP contribution is -2.30. The molecule has 0 radical (unpaired) electrons. The largest absolute Gasteiger partial charge is 0.354 e. The van der Waals surface area contributed by atoms with E-state index in [0.717, 1.165) is 9.97 Å². The number of aromatic nitrogens is 4. The molecular formula is C9H13N5OS. The van der Waals surface area contributed by atoms with E-state index in [1.807, 2.05) is 13.8 Å². The number of nitrogens with one attached hydrogen (secondary N) is 1. The van der Waals surface area contributed by atoms with Crippen LogP contribution in [0.15, 0.2) is 6.33 Å². The van der Waals surface area contributed by atoms with E-state index in [1.165, 1.54) is 11.3 Å². The molecule has 0 saturated heterocycles. The summed E-state index contributed by atoms with van der Waals surface area (Å²) in [5.74, 6) is 0.0564. The van der Waals surface area contributed by atoms with Gasteiger partial charge >= 0.3 is 0 Å². The third-order valence-corrected chi connectivity index (χ3v) is 2.92. The van der Waals surface area contributed by atoms with E-state index in [1.54, 1.807) is 10.8 Å². The highest BCUT2D eigenvalue weighted by atomic mass is 32.1. The quantitative estimate of drug-likeness (QED) is 0.850. The number of amides is 1. The molecule has 0 aliphatic rings.